The Morgan fingerprint density at radius 3 is 2.53 bits per heavy atom. The number of carbonyl (C=O) groups is 1. The van der Waals surface area contributed by atoms with E-state index in [1.807, 2.05) is 20.0 Å². The number of aliphatic carboxylic acids is 1. The van der Waals surface area contributed by atoms with E-state index in [2.05, 4.69) is 31.1 Å². The Bertz CT molecular complexity index is 421. The van der Waals surface area contributed by atoms with E-state index in [0.717, 1.165) is 9.88 Å². The minimum absolute atomic E-state index is 0.0487. The monoisotopic (exact) mass is 284 g/mol. The van der Waals surface area contributed by atoms with E-state index in [0.29, 0.717) is 18.9 Å². The average molecular weight is 284 g/mol. The lowest BCUT2D eigenvalue weighted by atomic mass is 9.98. The second-order valence-corrected chi connectivity index (χ2v) is 7.40. The van der Waals surface area contributed by atoms with Gasteiger partial charge >= 0.3 is 5.97 Å². The molecule has 0 saturated carbocycles. The summed E-state index contributed by atoms with van der Waals surface area (Å²) < 4.78 is 0. The lowest BCUT2D eigenvalue weighted by Gasteiger charge is -2.16. The molecule has 4 nitrogen and oxygen atoms in total. The third kappa shape index (κ3) is 5.28. The third-order valence-electron chi connectivity index (χ3n) is 2.72. The van der Waals surface area contributed by atoms with Crippen molar-refractivity contribution in [2.24, 2.45) is 5.92 Å². The molecule has 5 heteroatoms. The molecule has 0 radical (unpaired) electrons. The van der Waals surface area contributed by atoms with Gasteiger partial charge in [0, 0.05) is 23.0 Å². The summed E-state index contributed by atoms with van der Waals surface area (Å²) in [5.74, 6) is -0.422. The van der Waals surface area contributed by atoms with Crippen LogP contribution in [0.1, 0.15) is 50.9 Å². The van der Waals surface area contributed by atoms with Crippen molar-refractivity contribution in [1.82, 2.24) is 10.3 Å². The van der Waals surface area contributed by atoms with Crippen LogP contribution in [0.15, 0.2) is 6.20 Å². The fourth-order valence-corrected chi connectivity index (χ4v) is 2.62. The SMILES string of the molecule is CC(C)C[C@@H](NCc1cnc(C(C)(C)C)s1)C(=O)O. The van der Waals surface area contributed by atoms with Gasteiger partial charge in [-0.25, -0.2) is 4.98 Å². The molecule has 1 rings (SSSR count). The lowest BCUT2D eigenvalue weighted by molar-refractivity contribution is -0.140. The molecule has 0 saturated heterocycles. The molecule has 1 heterocycles. The lowest BCUT2D eigenvalue weighted by Crippen LogP contribution is -2.37. The summed E-state index contributed by atoms with van der Waals surface area (Å²) in [6.45, 7) is 11.0. The number of nitrogens with zero attached hydrogens (tertiary/aromatic N) is 1. The first kappa shape index (κ1) is 16.1. The molecule has 19 heavy (non-hydrogen) atoms. The van der Waals surface area contributed by atoms with Crippen LogP contribution in [0.4, 0.5) is 0 Å². The summed E-state index contributed by atoms with van der Waals surface area (Å²) in [5.41, 5.74) is 0.0487. The highest BCUT2D eigenvalue weighted by Crippen LogP contribution is 2.26. The number of nitrogens with one attached hydrogen (secondary N) is 1. The van der Waals surface area contributed by atoms with E-state index >= 15 is 0 Å². The zero-order chi connectivity index (χ0) is 14.6. The molecule has 0 aromatic carbocycles. The maximum absolute atomic E-state index is 11.1. The Hall–Kier alpha value is -0.940. The summed E-state index contributed by atoms with van der Waals surface area (Å²) in [5, 5.41) is 13.3. The standard InChI is InChI=1S/C14H24N2O2S/c1-9(2)6-11(12(17)18)15-7-10-8-16-13(19-10)14(3,4)5/h8-9,11,15H,6-7H2,1-5H3,(H,17,18)/t11-/m1/s1. The van der Waals surface area contributed by atoms with E-state index < -0.39 is 12.0 Å². The molecule has 1 atom stereocenters. The van der Waals surface area contributed by atoms with Gasteiger partial charge in [-0.2, -0.15) is 0 Å². The van der Waals surface area contributed by atoms with Crippen molar-refractivity contribution in [2.75, 3.05) is 0 Å². The largest absolute Gasteiger partial charge is 0.480 e. The van der Waals surface area contributed by atoms with Gasteiger partial charge in [-0.3, -0.25) is 10.1 Å². The predicted octanol–water partition coefficient (Wildman–Crippen LogP) is 3.03. The fraction of sp³-hybridized carbons (Fsp3) is 0.714. The number of hydrogen-bond acceptors (Lipinski definition) is 4. The molecule has 0 aliphatic heterocycles. The van der Waals surface area contributed by atoms with Crippen molar-refractivity contribution in [2.45, 2.75) is 59.0 Å². The first-order valence-corrected chi connectivity index (χ1v) is 7.43. The van der Waals surface area contributed by atoms with Crippen LogP contribution in [0.25, 0.3) is 0 Å². The summed E-state index contributed by atoms with van der Waals surface area (Å²) >= 11 is 1.65. The van der Waals surface area contributed by atoms with Crippen molar-refractivity contribution >= 4 is 17.3 Å². The van der Waals surface area contributed by atoms with Crippen molar-refractivity contribution in [1.29, 1.82) is 0 Å². The molecule has 0 fully saturated rings. The number of hydrogen-bond donors (Lipinski definition) is 2. The Kier molecular flexibility index (Phi) is 5.50. The number of aromatic nitrogens is 1. The van der Waals surface area contributed by atoms with Crippen LogP contribution in [0.2, 0.25) is 0 Å². The van der Waals surface area contributed by atoms with Gasteiger partial charge in [0.15, 0.2) is 0 Å². The first-order valence-electron chi connectivity index (χ1n) is 6.61. The molecule has 0 unspecified atom stereocenters. The topological polar surface area (TPSA) is 62.2 Å². The predicted molar refractivity (Wildman–Crippen MR) is 78.5 cm³/mol. The van der Waals surface area contributed by atoms with Gasteiger partial charge in [0.2, 0.25) is 0 Å². The van der Waals surface area contributed by atoms with Crippen LogP contribution in [-0.4, -0.2) is 22.1 Å². The molecule has 1 aromatic heterocycles. The average Bonchev–Trinajstić information content (AvgIpc) is 2.71. The van der Waals surface area contributed by atoms with Gasteiger partial charge in [-0.1, -0.05) is 34.6 Å². The summed E-state index contributed by atoms with van der Waals surface area (Å²) in [6, 6.07) is -0.486. The molecular formula is C14H24N2O2S. The third-order valence-corrected chi connectivity index (χ3v) is 4.15. The summed E-state index contributed by atoms with van der Waals surface area (Å²) in [4.78, 5) is 16.6. The minimum Gasteiger partial charge on any atom is -0.480 e. The molecule has 108 valence electrons. The van der Waals surface area contributed by atoms with Crippen LogP contribution < -0.4 is 5.32 Å². The van der Waals surface area contributed by atoms with E-state index in [-0.39, 0.29) is 5.41 Å². The van der Waals surface area contributed by atoms with Gasteiger partial charge in [0.05, 0.1) is 5.01 Å². The van der Waals surface area contributed by atoms with E-state index in [1.54, 1.807) is 11.3 Å². The molecule has 0 aliphatic carbocycles. The molecule has 0 bridgehead atoms. The number of thiazole rings is 1. The zero-order valence-electron chi connectivity index (χ0n) is 12.4. The second kappa shape index (κ2) is 6.48. The Balaban J connectivity index is 2.60. The van der Waals surface area contributed by atoms with E-state index in [1.165, 1.54) is 0 Å². The Labute approximate surface area is 119 Å². The number of carboxylic acids is 1. The molecule has 2 N–H and O–H groups in total. The highest BCUT2D eigenvalue weighted by atomic mass is 32.1. The molecular weight excluding hydrogens is 260 g/mol. The van der Waals surface area contributed by atoms with Crippen molar-refractivity contribution in [3.63, 3.8) is 0 Å². The van der Waals surface area contributed by atoms with Gasteiger partial charge in [-0.15, -0.1) is 11.3 Å². The first-order chi connectivity index (χ1) is 8.70. The van der Waals surface area contributed by atoms with Crippen LogP contribution >= 0.6 is 11.3 Å². The Morgan fingerprint density at radius 1 is 1.47 bits per heavy atom. The molecule has 0 aliphatic rings. The van der Waals surface area contributed by atoms with Crippen LogP contribution in [-0.2, 0) is 16.8 Å². The van der Waals surface area contributed by atoms with Gasteiger partial charge in [0.1, 0.15) is 6.04 Å². The highest BCUT2D eigenvalue weighted by molar-refractivity contribution is 7.11. The smallest absolute Gasteiger partial charge is 0.320 e. The van der Waals surface area contributed by atoms with Crippen molar-refractivity contribution in [3.05, 3.63) is 16.1 Å². The van der Waals surface area contributed by atoms with Crippen LogP contribution in [0.5, 0.6) is 0 Å². The fourth-order valence-electron chi connectivity index (χ4n) is 1.70. The van der Waals surface area contributed by atoms with Crippen LogP contribution in [0.3, 0.4) is 0 Å². The van der Waals surface area contributed by atoms with E-state index in [4.69, 9.17) is 5.11 Å². The molecule has 1 aromatic rings. The van der Waals surface area contributed by atoms with Gasteiger partial charge in [-0.05, 0) is 12.3 Å². The summed E-state index contributed by atoms with van der Waals surface area (Å²) in [7, 11) is 0. The van der Waals surface area contributed by atoms with Crippen LogP contribution in [0, 0.1) is 5.92 Å². The minimum atomic E-state index is -0.783. The second-order valence-electron chi connectivity index (χ2n) is 6.28. The Morgan fingerprint density at radius 2 is 2.11 bits per heavy atom. The summed E-state index contributed by atoms with van der Waals surface area (Å²) in [6.07, 6.45) is 2.48. The highest BCUT2D eigenvalue weighted by Gasteiger charge is 2.20. The molecule has 0 spiro atoms. The van der Waals surface area contributed by atoms with Crippen molar-refractivity contribution < 1.29 is 9.90 Å². The van der Waals surface area contributed by atoms with Gasteiger partial charge in [0.25, 0.3) is 0 Å². The normalized spacial score (nSPS) is 13.8. The van der Waals surface area contributed by atoms with E-state index in [9.17, 15) is 4.79 Å². The maximum atomic E-state index is 11.1. The quantitative estimate of drug-likeness (QED) is 0.843. The maximum Gasteiger partial charge on any atom is 0.320 e. The number of rotatable bonds is 6. The van der Waals surface area contributed by atoms with Crippen molar-refractivity contribution in [3.8, 4) is 0 Å². The molecule has 0 amide bonds. The zero-order valence-corrected chi connectivity index (χ0v) is 13.2. The number of carboxylic acid groups (broad SMARTS) is 1. The van der Waals surface area contributed by atoms with Gasteiger partial charge < -0.3 is 5.11 Å².